The minimum atomic E-state index is -0.540. The van der Waals surface area contributed by atoms with Crippen molar-refractivity contribution in [1.82, 2.24) is 9.97 Å². The van der Waals surface area contributed by atoms with Crippen LogP contribution < -0.4 is 22.1 Å². The highest BCUT2D eigenvalue weighted by Crippen LogP contribution is 2.26. The molecule has 8 heteroatoms. The highest BCUT2D eigenvalue weighted by molar-refractivity contribution is 6.00. The molecule has 1 aliphatic rings. The highest BCUT2D eigenvalue weighted by atomic mass is 16.1. The number of rotatable bonds is 6. The molecular formula is C24H26N6O2. The van der Waals surface area contributed by atoms with Gasteiger partial charge in [-0.1, -0.05) is 30.3 Å². The van der Waals surface area contributed by atoms with Gasteiger partial charge in [0.15, 0.2) is 11.6 Å². The van der Waals surface area contributed by atoms with Gasteiger partial charge in [-0.25, -0.2) is 9.97 Å². The molecular weight excluding hydrogens is 404 g/mol. The van der Waals surface area contributed by atoms with Crippen LogP contribution in [0, 0.1) is 0 Å². The van der Waals surface area contributed by atoms with Gasteiger partial charge in [0, 0.05) is 42.4 Å². The monoisotopic (exact) mass is 430 g/mol. The summed E-state index contributed by atoms with van der Waals surface area (Å²) in [6.07, 6.45) is 3.49. The predicted molar refractivity (Wildman–Crippen MR) is 124 cm³/mol. The highest BCUT2D eigenvalue weighted by Gasteiger charge is 2.21. The summed E-state index contributed by atoms with van der Waals surface area (Å²) in [5, 5.41) is 0. The first kappa shape index (κ1) is 21.5. The predicted octanol–water partition coefficient (Wildman–Crippen LogP) is 2.18. The van der Waals surface area contributed by atoms with Crippen molar-refractivity contribution in [2.45, 2.75) is 25.3 Å². The van der Waals surface area contributed by atoms with E-state index in [2.05, 4.69) is 14.9 Å². The fraction of sp³-hybridized carbons (Fsp3) is 0.250. The van der Waals surface area contributed by atoms with Crippen LogP contribution in [0.25, 0.3) is 11.3 Å². The van der Waals surface area contributed by atoms with Gasteiger partial charge in [-0.2, -0.15) is 0 Å². The van der Waals surface area contributed by atoms with E-state index in [0.29, 0.717) is 16.8 Å². The molecule has 2 heterocycles. The van der Waals surface area contributed by atoms with Crippen molar-refractivity contribution >= 4 is 23.2 Å². The lowest BCUT2D eigenvalue weighted by Crippen LogP contribution is -2.40. The summed E-state index contributed by atoms with van der Waals surface area (Å²) in [5.41, 5.74) is 20.9. The number of primary amides is 1. The molecule has 6 N–H and O–H groups in total. The first-order valence-electron chi connectivity index (χ1n) is 10.6. The van der Waals surface area contributed by atoms with Crippen LogP contribution in [0.5, 0.6) is 0 Å². The van der Waals surface area contributed by atoms with Gasteiger partial charge in [-0.05, 0) is 36.6 Å². The fourth-order valence-corrected chi connectivity index (χ4v) is 3.94. The molecule has 3 aromatic rings. The number of aromatic nitrogens is 2. The molecule has 1 aliphatic heterocycles. The third-order valence-electron chi connectivity index (χ3n) is 5.73. The zero-order valence-electron chi connectivity index (χ0n) is 17.7. The molecule has 0 radical (unpaired) electrons. The number of piperidine rings is 1. The van der Waals surface area contributed by atoms with Crippen molar-refractivity contribution in [2.75, 3.05) is 23.7 Å². The second kappa shape index (κ2) is 9.15. The topological polar surface area (TPSA) is 141 Å². The first-order valence-corrected chi connectivity index (χ1v) is 10.6. The van der Waals surface area contributed by atoms with Crippen molar-refractivity contribution in [1.29, 1.82) is 0 Å². The molecule has 0 spiro atoms. The molecule has 1 fully saturated rings. The number of nitrogens with two attached hydrogens (primary N) is 3. The van der Waals surface area contributed by atoms with E-state index in [1.807, 2.05) is 24.3 Å². The number of nitrogens with zero attached hydrogens (tertiary/aromatic N) is 3. The largest absolute Gasteiger partial charge is 0.382 e. The Hall–Kier alpha value is -3.78. The van der Waals surface area contributed by atoms with Gasteiger partial charge in [0.05, 0.1) is 11.9 Å². The van der Waals surface area contributed by atoms with E-state index in [0.717, 1.165) is 37.2 Å². The van der Waals surface area contributed by atoms with E-state index >= 15 is 0 Å². The Morgan fingerprint density at radius 1 is 1.06 bits per heavy atom. The molecule has 8 nitrogen and oxygen atoms in total. The van der Waals surface area contributed by atoms with Crippen LogP contribution in [0.1, 0.15) is 39.3 Å². The number of ketones is 1. The summed E-state index contributed by atoms with van der Waals surface area (Å²) in [4.78, 5) is 35.6. The second-order valence-corrected chi connectivity index (χ2v) is 7.99. The average molecular weight is 431 g/mol. The van der Waals surface area contributed by atoms with Gasteiger partial charge in [0.1, 0.15) is 5.69 Å². The molecule has 32 heavy (non-hydrogen) atoms. The number of benzene rings is 2. The van der Waals surface area contributed by atoms with Gasteiger partial charge in [-0.3, -0.25) is 9.59 Å². The van der Waals surface area contributed by atoms with Gasteiger partial charge in [0.2, 0.25) is 5.91 Å². The number of hydrogen-bond acceptors (Lipinski definition) is 7. The average Bonchev–Trinajstić information content (AvgIpc) is 2.80. The van der Waals surface area contributed by atoms with Crippen molar-refractivity contribution in [3.05, 3.63) is 71.5 Å². The standard InChI is InChI=1S/C24H26N6O2/c25-18-8-10-30(11-9-18)20-7-2-1-4-16(20)13-21(31)22-23(26)28-14-19(29-22)15-5-3-6-17(12-15)24(27)32/h1-7,12,14,18H,8-11,13,25H2,(H2,26,28)(H2,27,32). The van der Waals surface area contributed by atoms with Crippen LogP contribution in [-0.4, -0.2) is 40.8 Å². The van der Waals surface area contributed by atoms with E-state index < -0.39 is 5.91 Å². The third-order valence-corrected chi connectivity index (χ3v) is 5.73. The number of carbonyl (C=O) groups is 2. The van der Waals surface area contributed by atoms with Gasteiger partial charge < -0.3 is 22.1 Å². The molecule has 0 unspecified atom stereocenters. The zero-order chi connectivity index (χ0) is 22.7. The van der Waals surface area contributed by atoms with E-state index in [1.54, 1.807) is 24.3 Å². The van der Waals surface area contributed by atoms with Crippen LogP contribution >= 0.6 is 0 Å². The minimum Gasteiger partial charge on any atom is -0.382 e. The Kier molecular flexibility index (Phi) is 6.13. The minimum absolute atomic E-state index is 0.0752. The molecule has 0 saturated carbocycles. The van der Waals surface area contributed by atoms with Gasteiger partial charge >= 0.3 is 0 Å². The molecule has 4 rings (SSSR count). The Morgan fingerprint density at radius 3 is 2.56 bits per heavy atom. The van der Waals surface area contributed by atoms with Crippen molar-refractivity contribution < 1.29 is 9.59 Å². The van der Waals surface area contributed by atoms with E-state index in [-0.39, 0.29) is 29.8 Å². The number of hydrogen-bond donors (Lipinski definition) is 3. The molecule has 1 aromatic heterocycles. The molecule has 1 saturated heterocycles. The molecule has 0 aliphatic carbocycles. The smallest absolute Gasteiger partial charge is 0.248 e. The number of anilines is 2. The van der Waals surface area contributed by atoms with E-state index in [1.165, 1.54) is 6.20 Å². The maximum atomic E-state index is 13.2. The van der Waals surface area contributed by atoms with Gasteiger partial charge in [-0.15, -0.1) is 0 Å². The van der Waals surface area contributed by atoms with E-state index in [9.17, 15) is 9.59 Å². The summed E-state index contributed by atoms with van der Waals surface area (Å²) >= 11 is 0. The van der Waals surface area contributed by atoms with Crippen LogP contribution in [0.3, 0.4) is 0 Å². The number of amides is 1. The molecule has 2 aromatic carbocycles. The third kappa shape index (κ3) is 4.60. The van der Waals surface area contributed by atoms with Crippen LogP contribution in [-0.2, 0) is 6.42 Å². The van der Waals surface area contributed by atoms with Crippen molar-refractivity contribution in [3.63, 3.8) is 0 Å². The summed E-state index contributed by atoms with van der Waals surface area (Å²) in [5.74, 6) is -0.683. The number of para-hydroxylation sites is 1. The first-order chi connectivity index (χ1) is 15.4. The lowest BCUT2D eigenvalue weighted by molar-refractivity contribution is 0.0984. The zero-order valence-corrected chi connectivity index (χ0v) is 17.7. The Bertz CT molecular complexity index is 1150. The quantitative estimate of drug-likeness (QED) is 0.509. The molecule has 164 valence electrons. The maximum Gasteiger partial charge on any atom is 0.248 e. The summed E-state index contributed by atoms with van der Waals surface area (Å²) < 4.78 is 0. The fourth-order valence-electron chi connectivity index (χ4n) is 3.94. The molecule has 1 amide bonds. The number of Topliss-reactive ketones (excluding diaryl/α,β-unsaturated/α-hetero) is 1. The lowest BCUT2D eigenvalue weighted by atomic mass is 10.0. The molecule has 0 atom stereocenters. The normalized spacial score (nSPS) is 14.3. The van der Waals surface area contributed by atoms with E-state index in [4.69, 9.17) is 17.2 Å². The summed E-state index contributed by atoms with van der Waals surface area (Å²) in [7, 11) is 0. The Labute approximate surface area is 186 Å². The van der Waals surface area contributed by atoms with Crippen molar-refractivity contribution in [3.8, 4) is 11.3 Å². The summed E-state index contributed by atoms with van der Waals surface area (Å²) in [6.45, 7) is 1.72. The van der Waals surface area contributed by atoms with Crippen LogP contribution in [0.15, 0.2) is 54.7 Å². The second-order valence-electron chi connectivity index (χ2n) is 7.99. The maximum absolute atomic E-state index is 13.2. The summed E-state index contributed by atoms with van der Waals surface area (Å²) in [6, 6.07) is 14.8. The SMILES string of the molecule is NC(=O)c1cccc(-c2cnc(N)c(C(=O)Cc3ccccc3N3CCC(N)CC3)n2)c1. The lowest BCUT2D eigenvalue weighted by Gasteiger charge is -2.33. The van der Waals surface area contributed by atoms with Crippen LogP contribution in [0.2, 0.25) is 0 Å². The van der Waals surface area contributed by atoms with Crippen molar-refractivity contribution in [2.24, 2.45) is 11.5 Å². The Balaban J connectivity index is 1.60. The number of nitrogen functional groups attached to an aromatic ring is 1. The van der Waals surface area contributed by atoms with Gasteiger partial charge in [0.25, 0.3) is 0 Å². The molecule has 0 bridgehead atoms. The van der Waals surface area contributed by atoms with Crippen LogP contribution in [0.4, 0.5) is 11.5 Å². The number of carbonyl (C=O) groups excluding carboxylic acids is 2. The Morgan fingerprint density at radius 2 is 1.81 bits per heavy atom.